The number of nitrogens with zero attached hydrogens (tertiary/aromatic N) is 3. The third-order valence-corrected chi connectivity index (χ3v) is 2.70. The Morgan fingerprint density at radius 1 is 1.64 bits per heavy atom. The second kappa shape index (κ2) is 3.92. The molecule has 0 spiro atoms. The molecule has 0 bridgehead atoms. The number of rotatable bonds is 2. The molecule has 1 saturated heterocycles. The monoisotopic (exact) mass is 192 g/mol. The van der Waals surface area contributed by atoms with E-state index in [1.54, 1.807) is 0 Å². The van der Waals surface area contributed by atoms with Gasteiger partial charge in [-0.15, -0.1) is 0 Å². The maximum absolute atomic E-state index is 5.64. The lowest BCUT2D eigenvalue weighted by Crippen LogP contribution is -2.23. The zero-order valence-corrected chi connectivity index (χ0v) is 8.48. The van der Waals surface area contributed by atoms with E-state index in [0.717, 1.165) is 31.3 Å². The molecule has 0 radical (unpaired) electrons. The van der Waals surface area contributed by atoms with E-state index in [4.69, 9.17) is 5.73 Å². The van der Waals surface area contributed by atoms with Crippen LogP contribution in [0.3, 0.4) is 0 Å². The van der Waals surface area contributed by atoms with E-state index >= 15 is 0 Å². The molecule has 1 atom stereocenters. The minimum Gasteiger partial charge on any atom is -0.356 e. The van der Waals surface area contributed by atoms with Gasteiger partial charge in [-0.05, 0) is 31.9 Å². The number of aromatic nitrogens is 2. The molecule has 2 rings (SSSR count). The SMILES string of the molecule is Cc1nccc(N2CCC(CN)C2)n1. The molecule has 2 N–H and O–H groups in total. The van der Waals surface area contributed by atoms with Gasteiger partial charge >= 0.3 is 0 Å². The van der Waals surface area contributed by atoms with Crippen LogP contribution in [-0.2, 0) is 0 Å². The Balaban J connectivity index is 2.09. The van der Waals surface area contributed by atoms with Crippen molar-refractivity contribution in [1.29, 1.82) is 0 Å². The fraction of sp³-hybridized carbons (Fsp3) is 0.600. The molecule has 1 aromatic rings. The minimum atomic E-state index is 0.630. The highest BCUT2D eigenvalue weighted by Gasteiger charge is 2.21. The van der Waals surface area contributed by atoms with Crippen LogP contribution in [0.15, 0.2) is 12.3 Å². The van der Waals surface area contributed by atoms with Gasteiger partial charge < -0.3 is 10.6 Å². The molecule has 4 nitrogen and oxygen atoms in total. The maximum Gasteiger partial charge on any atom is 0.132 e. The van der Waals surface area contributed by atoms with E-state index in [1.165, 1.54) is 6.42 Å². The Bertz CT molecular complexity index is 313. The van der Waals surface area contributed by atoms with E-state index in [2.05, 4.69) is 14.9 Å². The van der Waals surface area contributed by atoms with E-state index in [1.807, 2.05) is 19.2 Å². The first-order chi connectivity index (χ1) is 6.79. The molecule has 0 aliphatic carbocycles. The molecular weight excluding hydrogens is 176 g/mol. The molecule has 1 fully saturated rings. The normalized spacial score (nSPS) is 21.6. The van der Waals surface area contributed by atoms with Crippen LogP contribution in [0.1, 0.15) is 12.2 Å². The topological polar surface area (TPSA) is 55.0 Å². The number of hydrogen-bond acceptors (Lipinski definition) is 4. The third-order valence-electron chi connectivity index (χ3n) is 2.70. The van der Waals surface area contributed by atoms with Crippen molar-refractivity contribution in [3.05, 3.63) is 18.1 Å². The summed E-state index contributed by atoms with van der Waals surface area (Å²) < 4.78 is 0. The Hall–Kier alpha value is -1.16. The van der Waals surface area contributed by atoms with Gasteiger partial charge in [0.15, 0.2) is 0 Å². The predicted octanol–water partition coefficient (Wildman–Crippen LogP) is 0.570. The Labute approximate surface area is 84.2 Å². The van der Waals surface area contributed by atoms with Crippen LogP contribution >= 0.6 is 0 Å². The van der Waals surface area contributed by atoms with Crippen molar-refractivity contribution >= 4 is 5.82 Å². The van der Waals surface area contributed by atoms with E-state index in [0.29, 0.717) is 5.92 Å². The van der Waals surface area contributed by atoms with Gasteiger partial charge in [0, 0.05) is 19.3 Å². The highest BCUT2D eigenvalue weighted by atomic mass is 15.2. The fourth-order valence-corrected chi connectivity index (χ4v) is 1.85. The number of nitrogens with two attached hydrogens (primary N) is 1. The van der Waals surface area contributed by atoms with Gasteiger partial charge in [-0.25, -0.2) is 9.97 Å². The first kappa shape index (κ1) is 9.40. The van der Waals surface area contributed by atoms with Crippen LogP contribution < -0.4 is 10.6 Å². The van der Waals surface area contributed by atoms with Gasteiger partial charge in [0.05, 0.1) is 0 Å². The first-order valence-electron chi connectivity index (χ1n) is 5.04. The summed E-state index contributed by atoms with van der Waals surface area (Å²) in [6, 6.07) is 1.96. The quantitative estimate of drug-likeness (QED) is 0.744. The summed E-state index contributed by atoms with van der Waals surface area (Å²) in [5.74, 6) is 2.50. The zero-order valence-electron chi connectivity index (χ0n) is 8.48. The fourth-order valence-electron chi connectivity index (χ4n) is 1.85. The van der Waals surface area contributed by atoms with E-state index in [-0.39, 0.29) is 0 Å². The van der Waals surface area contributed by atoms with E-state index < -0.39 is 0 Å². The highest BCUT2D eigenvalue weighted by molar-refractivity contribution is 5.38. The predicted molar refractivity (Wildman–Crippen MR) is 56.1 cm³/mol. The van der Waals surface area contributed by atoms with Crippen LogP contribution in [0.5, 0.6) is 0 Å². The lowest BCUT2D eigenvalue weighted by molar-refractivity contribution is 0.602. The molecule has 0 saturated carbocycles. The van der Waals surface area contributed by atoms with Gasteiger partial charge in [-0.3, -0.25) is 0 Å². The maximum atomic E-state index is 5.64. The molecule has 1 aliphatic heterocycles. The lowest BCUT2D eigenvalue weighted by Gasteiger charge is -2.16. The summed E-state index contributed by atoms with van der Waals surface area (Å²) in [6.45, 7) is 4.80. The summed E-state index contributed by atoms with van der Waals surface area (Å²) in [4.78, 5) is 10.8. The Kier molecular flexibility index (Phi) is 2.63. The summed E-state index contributed by atoms with van der Waals surface area (Å²) >= 11 is 0. The molecule has 0 amide bonds. The largest absolute Gasteiger partial charge is 0.356 e. The average molecular weight is 192 g/mol. The minimum absolute atomic E-state index is 0.630. The second-order valence-corrected chi connectivity index (χ2v) is 3.80. The number of hydrogen-bond donors (Lipinski definition) is 1. The molecule has 76 valence electrons. The van der Waals surface area contributed by atoms with Crippen molar-refractivity contribution in [3.63, 3.8) is 0 Å². The van der Waals surface area contributed by atoms with Crippen LogP contribution in [0.2, 0.25) is 0 Å². The van der Waals surface area contributed by atoms with Crippen molar-refractivity contribution < 1.29 is 0 Å². The van der Waals surface area contributed by atoms with Crippen LogP contribution in [-0.4, -0.2) is 29.6 Å². The van der Waals surface area contributed by atoms with Crippen molar-refractivity contribution in [2.45, 2.75) is 13.3 Å². The van der Waals surface area contributed by atoms with Crippen molar-refractivity contribution in [1.82, 2.24) is 9.97 Å². The highest BCUT2D eigenvalue weighted by Crippen LogP contribution is 2.20. The summed E-state index contributed by atoms with van der Waals surface area (Å²) in [6.07, 6.45) is 2.99. The van der Waals surface area contributed by atoms with Gasteiger partial charge in [0.2, 0.25) is 0 Å². The molecule has 0 aromatic carbocycles. The summed E-state index contributed by atoms with van der Waals surface area (Å²) in [7, 11) is 0. The summed E-state index contributed by atoms with van der Waals surface area (Å²) in [5, 5.41) is 0. The molecule has 1 aliphatic rings. The standard InChI is InChI=1S/C10H16N4/c1-8-12-4-2-10(13-8)14-5-3-9(6-11)7-14/h2,4,9H,3,5-7,11H2,1H3. The first-order valence-corrected chi connectivity index (χ1v) is 5.04. The van der Waals surface area contributed by atoms with Gasteiger partial charge in [0.25, 0.3) is 0 Å². The molecule has 14 heavy (non-hydrogen) atoms. The number of aryl methyl sites for hydroxylation is 1. The van der Waals surface area contributed by atoms with Gasteiger partial charge in [0.1, 0.15) is 11.6 Å². The van der Waals surface area contributed by atoms with Gasteiger partial charge in [-0.1, -0.05) is 0 Å². The average Bonchev–Trinajstić information content (AvgIpc) is 2.66. The van der Waals surface area contributed by atoms with E-state index in [9.17, 15) is 0 Å². The van der Waals surface area contributed by atoms with Gasteiger partial charge in [-0.2, -0.15) is 0 Å². The summed E-state index contributed by atoms with van der Waals surface area (Å²) in [5.41, 5.74) is 5.64. The molecule has 2 heterocycles. The number of anilines is 1. The van der Waals surface area contributed by atoms with Crippen LogP contribution in [0.25, 0.3) is 0 Å². The molecular formula is C10H16N4. The third kappa shape index (κ3) is 1.85. The Morgan fingerprint density at radius 3 is 3.14 bits per heavy atom. The lowest BCUT2D eigenvalue weighted by atomic mass is 10.1. The molecule has 4 heteroatoms. The van der Waals surface area contributed by atoms with Crippen LogP contribution in [0, 0.1) is 12.8 Å². The zero-order chi connectivity index (χ0) is 9.97. The van der Waals surface area contributed by atoms with Crippen molar-refractivity contribution in [3.8, 4) is 0 Å². The smallest absolute Gasteiger partial charge is 0.132 e. The molecule has 1 aromatic heterocycles. The second-order valence-electron chi connectivity index (χ2n) is 3.80. The van der Waals surface area contributed by atoms with Crippen LogP contribution in [0.4, 0.5) is 5.82 Å². The van der Waals surface area contributed by atoms with Crippen molar-refractivity contribution in [2.24, 2.45) is 11.7 Å². The Morgan fingerprint density at radius 2 is 2.50 bits per heavy atom. The molecule has 1 unspecified atom stereocenters. The van der Waals surface area contributed by atoms with Crippen molar-refractivity contribution in [2.75, 3.05) is 24.5 Å².